The van der Waals surface area contributed by atoms with E-state index in [-0.39, 0.29) is 10.6 Å². The Labute approximate surface area is 110 Å². The maximum atomic E-state index is 10.5. The number of hydrogen-bond acceptors (Lipinski definition) is 2. The molecule has 0 fully saturated rings. The normalized spacial score (nSPS) is 10.3. The Morgan fingerprint density at radius 1 is 1.00 bits per heavy atom. The molecule has 0 N–H and O–H groups in total. The summed E-state index contributed by atoms with van der Waals surface area (Å²) in [6.07, 6.45) is 1.72. The second kappa shape index (κ2) is 5.65. The molecule has 0 unspecified atom stereocenters. The summed E-state index contributed by atoms with van der Waals surface area (Å²) < 4.78 is 0. The first kappa shape index (κ1) is 12.6. The van der Waals surface area contributed by atoms with E-state index in [0.29, 0.717) is 0 Å². The van der Waals surface area contributed by atoms with Crippen molar-refractivity contribution in [2.75, 3.05) is 0 Å². The molecule has 92 valence electrons. The topological polar surface area (TPSA) is 43.1 Å². The summed E-state index contributed by atoms with van der Waals surface area (Å²) in [5.74, 6) is 0. The molecule has 0 bridgehead atoms. The van der Waals surface area contributed by atoms with Gasteiger partial charge in [0, 0.05) is 17.2 Å². The van der Waals surface area contributed by atoms with Crippen LogP contribution in [0.25, 0.3) is 0 Å². The van der Waals surface area contributed by atoms with Crippen molar-refractivity contribution in [3.63, 3.8) is 0 Å². The highest BCUT2D eigenvalue weighted by atomic mass is 35.5. The van der Waals surface area contributed by atoms with Crippen LogP contribution in [-0.4, -0.2) is 4.92 Å². The lowest BCUT2D eigenvalue weighted by Gasteiger charge is -2.02. The molecule has 0 atom stereocenters. The molecule has 3 nitrogen and oxygen atoms in total. The van der Waals surface area contributed by atoms with E-state index < -0.39 is 0 Å². The van der Waals surface area contributed by atoms with E-state index in [1.807, 2.05) is 24.3 Å². The van der Waals surface area contributed by atoms with Crippen LogP contribution in [-0.2, 0) is 12.8 Å². The Kier molecular flexibility index (Phi) is 3.95. The molecule has 0 aliphatic carbocycles. The molecule has 0 saturated heterocycles. The van der Waals surface area contributed by atoms with Crippen molar-refractivity contribution in [1.82, 2.24) is 0 Å². The molecule has 2 aromatic rings. The fraction of sp³-hybridized carbons (Fsp3) is 0.143. The minimum absolute atomic E-state index is 0.126. The van der Waals surface area contributed by atoms with Gasteiger partial charge in [-0.15, -0.1) is 0 Å². The van der Waals surface area contributed by atoms with Crippen LogP contribution < -0.4 is 0 Å². The summed E-state index contributed by atoms with van der Waals surface area (Å²) in [7, 11) is 0. The third kappa shape index (κ3) is 3.31. The van der Waals surface area contributed by atoms with Crippen molar-refractivity contribution >= 4 is 17.3 Å². The van der Waals surface area contributed by atoms with Gasteiger partial charge in [-0.2, -0.15) is 0 Å². The quantitative estimate of drug-likeness (QED) is 0.616. The predicted molar refractivity (Wildman–Crippen MR) is 72.0 cm³/mol. The molecule has 0 saturated carbocycles. The fourth-order valence-corrected chi connectivity index (χ4v) is 1.98. The molecule has 0 amide bonds. The second-order valence-corrected chi connectivity index (χ2v) is 4.49. The average Bonchev–Trinajstić information content (AvgIpc) is 2.37. The summed E-state index contributed by atoms with van der Waals surface area (Å²) in [5.41, 5.74) is 2.38. The first-order chi connectivity index (χ1) is 8.65. The number of aryl methyl sites for hydroxylation is 2. The Balaban J connectivity index is 2.00. The molecule has 0 radical (unpaired) electrons. The SMILES string of the molecule is O=[N+]([O-])c1ccc(CCc2cccc(Cl)c2)cc1. The van der Waals surface area contributed by atoms with E-state index in [4.69, 9.17) is 11.6 Å². The third-order valence-corrected chi connectivity index (χ3v) is 2.97. The van der Waals surface area contributed by atoms with Gasteiger partial charge in [-0.1, -0.05) is 35.9 Å². The highest BCUT2D eigenvalue weighted by Crippen LogP contribution is 2.15. The number of hydrogen-bond donors (Lipinski definition) is 0. The predicted octanol–water partition coefficient (Wildman–Crippen LogP) is 4.03. The van der Waals surface area contributed by atoms with Gasteiger partial charge >= 0.3 is 0 Å². The van der Waals surface area contributed by atoms with E-state index >= 15 is 0 Å². The van der Waals surface area contributed by atoms with Gasteiger partial charge in [0.1, 0.15) is 0 Å². The van der Waals surface area contributed by atoms with Crippen LogP contribution in [0.5, 0.6) is 0 Å². The Bertz CT molecular complexity index is 552. The van der Waals surface area contributed by atoms with Gasteiger partial charge in [-0.25, -0.2) is 0 Å². The van der Waals surface area contributed by atoms with Crippen molar-refractivity contribution < 1.29 is 4.92 Å². The molecule has 2 aromatic carbocycles. The molecule has 2 rings (SSSR count). The van der Waals surface area contributed by atoms with Gasteiger partial charge in [0.25, 0.3) is 5.69 Å². The van der Waals surface area contributed by atoms with Crippen molar-refractivity contribution in [2.24, 2.45) is 0 Å². The van der Waals surface area contributed by atoms with Crippen molar-refractivity contribution in [3.05, 3.63) is 74.8 Å². The molecule has 18 heavy (non-hydrogen) atoms. The number of benzene rings is 2. The van der Waals surface area contributed by atoms with Crippen LogP contribution in [0.1, 0.15) is 11.1 Å². The van der Waals surface area contributed by atoms with Gasteiger partial charge in [-0.05, 0) is 36.1 Å². The zero-order chi connectivity index (χ0) is 13.0. The number of non-ortho nitro benzene ring substituents is 1. The van der Waals surface area contributed by atoms with E-state index in [1.165, 1.54) is 17.7 Å². The van der Waals surface area contributed by atoms with Crippen LogP contribution in [0, 0.1) is 10.1 Å². The molecule has 0 heterocycles. The van der Waals surface area contributed by atoms with Crippen LogP contribution in [0.3, 0.4) is 0 Å². The Hall–Kier alpha value is -1.87. The summed E-state index contributed by atoms with van der Waals surface area (Å²) >= 11 is 5.91. The lowest BCUT2D eigenvalue weighted by molar-refractivity contribution is -0.384. The summed E-state index contributed by atoms with van der Waals surface area (Å²) in [6, 6.07) is 14.4. The number of halogens is 1. The van der Waals surface area contributed by atoms with Crippen LogP contribution in [0.15, 0.2) is 48.5 Å². The number of nitrogens with zero attached hydrogens (tertiary/aromatic N) is 1. The lowest BCUT2D eigenvalue weighted by Crippen LogP contribution is -1.92. The van der Waals surface area contributed by atoms with Crippen molar-refractivity contribution in [3.8, 4) is 0 Å². The fourth-order valence-electron chi connectivity index (χ4n) is 1.77. The van der Waals surface area contributed by atoms with Gasteiger partial charge in [-0.3, -0.25) is 10.1 Å². The molecule has 0 aliphatic rings. The number of nitro groups is 1. The van der Waals surface area contributed by atoms with Gasteiger partial charge in [0.2, 0.25) is 0 Å². The molecule has 0 aliphatic heterocycles. The standard InChI is InChI=1S/C14H12ClNO2/c15-13-3-1-2-12(10-13)5-4-11-6-8-14(9-7-11)16(17)18/h1-3,6-10H,4-5H2. The van der Waals surface area contributed by atoms with Gasteiger partial charge in [0.05, 0.1) is 4.92 Å². The van der Waals surface area contributed by atoms with Gasteiger partial charge < -0.3 is 0 Å². The zero-order valence-corrected chi connectivity index (χ0v) is 10.4. The zero-order valence-electron chi connectivity index (χ0n) is 9.67. The molecule has 4 heteroatoms. The summed E-state index contributed by atoms with van der Waals surface area (Å²) in [4.78, 5) is 10.1. The number of nitro benzene ring substituents is 1. The highest BCUT2D eigenvalue weighted by Gasteiger charge is 2.04. The summed E-state index contributed by atoms with van der Waals surface area (Å²) in [6.45, 7) is 0. The Morgan fingerprint density at radius 2 is 1.67 bits per heavy atom. The Morgan fingerprint density at radius 3 is 2.28 bits per heavy atom. The van der Waals surface area contributed by atoms with Crippen molar-refractivity contribution in [1.29, 1.82) is 0 Å². The maximum absolute atomic E-state index is 10.5. The minimum Gasteiger partial charge on any atom is -0.258 e. The van der Waals surface area contributed by atoms with E-state index in [0.717, 1.165) is 23.4 Å². The monoisotopic (exact) mass is 261 g/mol. The van der Waals surface area contributed by atoms with Gasteiger partial charge in [0.15, 0.2) is 0 Å². The molecule has 0 spiro atoms. The van der Waals surface area contributed by atoms with Crippen LogP contribution in [0.2, 0.25) is 5.02 Å². The molecular weight excluding hydrogens is 250 g/mol. The number of rotatable bonds is 4. The average molecular weight is 262 g/mol. The van der Waals surface area contributed by atoms with Crippen molar-refractivity contribution in [2.45, 2.75) is 12.8 Å². The summed E-state index contributed by atoms with van der Waals surface area (Å²) in [5, 5.41) is 11.3. The minimum atomic E-state index is -0.388. The van der Waals surface area contributed by atoms with E-state index in [2.05, 4.69) is 0 Å². The van der Waals surface area contributed by atoms with E-state index in [9.17, 15) is 10.1 Å². The first-order valence-electron chi connectivity index (χ1n) is 5.63. The van der Waals surface area contributed by atoms with Crippen LogP contribution >= 0.6 is 11.6 Å². The first-order valence-corrected chi connectivity index (χ1v) is 6.01. The third-order valence-electron chi connectivity index (χ3n) is 2.74. The van der Waals surface area contributed by atoms with E-state index in [1.54, 1.807) is 12.1 Å². The van der Waals surface area contributed by atoms with Crippen LogP contribution in [0.4, 0.5) is 5.69 Å². The molecule has 0 aromatic heterocycles. The lowest BCUT2D eigenvalue weighted by atomic mass is 10.0. The second-order valence-electron chi connectivity index (χ2n) is 4.05. The maximum Gasteiger partial charge on any atom is 0.269 e. The molecular formula is C14H12ClNO2. The largest absolute Gasteiger partial charge is 0.269 e. The smallest absolute Gasteiger partial charge is 0.258 e. The highest BCUT2D eigenvalue weighted by molar-refractivity contribution is 6.30.